The van der Waals surface area contributed by atoms with Crippen LogP contribution in [0, 0.1) is 0 Å². The number of benzene rings is 2. The van der Waals surface area contributed by atoms with Crippen molar-refractivity contribution in [3.8, 4) is 11.5 Å². The zero-order valence-corrected chi connectivity index (χ0v) is 15.5. The molecule has 2 aromatic carbocycles. The molecule has 6 heteroatoms. The van der Waals surface area contributed by atoms with Gasteiger partial charge >= 0.3 is 0 Å². The summed E-state index contributed by atoms with van der Waals surface area (Å²) in [5, 5.41) is 3.20. The Labute approximate surface area is 154 Å². The van der Waals surface area contributed by atoms with E-state index in [0.717, 1.165) is 10.0 Å². The molecule has 2 rings (SSSR count). The molecule has 4 nitrogen and oxygen atoms in total. The largest absolute Gasteiger partial charge is 0.487 e. The van der Waals surface area contributed by atoms with Crippen LogP contribution < -0.4 is 14.8 Å². The Morgan fingerprint density at radius 3 is 2.58 bits per heavy atom. The first-order valence-corrected chi connectivity index (χ1v) is 8.36. The maximum atomic E-state index is 12.1. The summed E-state index contributed by atoms with van der Waals surface area (Å²) in [6, 6.07) is 12.4. The van der Waals surface area contributed by atoms with Gasteiger partial charge in [-0.1, -0.05) is 46.2 Å². The van der Waals surface area contributed by atoms with Crippen LogP contribution in [0.15, 0.2) is 59.1 Å². The van der Waals surface area contributed by atoms with Crippen molar-refractivity contribution in [3.05, 3.63) is 64.1 Å². The van der Waals surface area contributed by atoms with Crippen LogP contribution in [-0.4, -0.2) is 19.1 Å². The van der Waals surface area contributed by atoms with Crippen LogP contribution in [0.2, 0.25) is 5.02 Å². The van der Waals surface area contributed by atoms with Crippen LogP contribution in [0.3, 0.4) is 0 Å². The van der Waals surface area contributed by atoms with Crippen molar-refractivity contribution in [3.63, 3.8) is 0 Å². The highest BCUT2D eigenvalue weighted by molar-refractivity contribution is 9.10. The van der Waals surface area contributed by atoms with E-state index in [1.54, 1.807) is 30.3 Å². The molecular weight excluding hydrogens is 394 g/mol. The molecule has 0 unspecified atom stereocenters. The molecule has 126 valence electrons. The van der Waals surface area contributed by atoms with Crippen molar-refractivity contribution >= 4 is 39.1 Å². The summed E-state index contributed by atoms with van der Waals surface area (Å²) in [6.07, 6.45) is 0. The van der Waals surface area contributed by atoms with Gasteiger partial charge in [0.2, 0.25) is 0 Å². The molecule has 0 fully saturated rings. The van der Waals surface area contributed by atoms with Gasteiger partial charge in [-0.15, -0.1) is 0 Å². The minimum atomic E-state index is -0.305. The van der Waals surface area contributed by atoms with E-state index in [4.69, 9.17) is 21.1 Å². The van der Waals surface area contributed by atoms with Gasteiger partial charge in [0.05, 0.1) is 10.7 Å². The Morgan fingerprint density at radius 2 is 1.88 bits per heavy atom. The van der Waals surface area contributed by atoms with E-state index in [1.165, 1.54) is 0 Å². The fourth-order valence-electron chi connectivity index (χ4n) is 1.82. The zero-order chi connectivity index (χ0) is 17.5. The second-order valence-corrected chi connectivity index (χ2v) is 6.48. The second-order valence-electron chi connectivity index (χ2n) is 5.15. The number of para-hydroxylation sites is 2. The standard InChI is InChI=1S/C18H17BrClNO3/c1-12(2)10-23-17-6-4-3-5-15(17)21-18(22)11-24-16-8-7-13(19)9-14(16)20/h3-9H,1,10-11H2,2H3,(H,21,22). The summed E-state index contributed by atoms with van der Waals surface area (Å²) < 4.78 is 11.9. The molecule has 24 heavy (non-hydrogen) atoms. The van der Waals surface area contributed by atoms with Crippen molar-refractivity contribution in [1.82, 2.24) is 0 Å². The van der Waals surface area contributed by atoms with Crippen LogP contribution in [0.5, 0.6) is 11.5 Å². The minimum absolute atomic E-state index is 0.157. The molecular formula is C18H17BrClNO3. The second kappa shape index (κ2) is 8.76. The van der Waals surface area contributed by atoms with E-state index in [1.807, 2.05) is 19.1 Å². The lowest BCUT2D eigenvalue weighted by atomic mass is 10.3. The van der Waals surface area contributed by atoms with E-state index in [9.17, 15) is 4.79 Å². The van der Waals surface area contributed by atoms with Gasteiger partial charge in [-0.25, -0.2) is 0 Å². The highest BCUT2D eigenvalue weighted by Crippen LogP contribution is 2.28. The minimum Gasteiger partial charge on any atom is -0.487 e. The third kappa shape index (κ3) is 5.58. The SMILES string of the molecule is C=C(C)COc1ccccc1NC(=O)COc1ccc(Br)cc1Cl. The Hall–Kier alpha value is -1.98. The van der Waals surface area contributed by atoms with Gasteiger partial charge in [0.15, 0.2) is 6.61 Å². The summed E-state index contributed by atoms with van der Waals surface area (Å²) in [5.74, 6) is 0.720. The number of hydrogen-bond donors (Lipinski definition) is 1. The van der Waals surface area contributed by atoms with Crippen LogP contribution >= 0.6 is 27.5 Å². The Balaban J connectivity index is 1.96. The third-order valence-corrected chi connectivity index (χ3v) is 3.68. The van der Waals surface area contributed by atoms with Gasteiger partial charge in [0.25, 0.3) is 5.91 Å². The third-order valence-electron chi connectivity index (χ3n) is 2.89. The number of carbonyl (C=O) groups is 1. The number of nitrogens with one attached hydrogen (secondary N) is 1. The van der Waals surface area contributed by atoms with E-state index >= 15 is 0 Å². The van der Waals surface area contributed by atoms with Crippen LogP contribution in [0.25, 0.3) is 0 Å². The molecule has 0 aromatic heterocycles. The highest BCUT2D eigenvalue weighted by atomic mass is 79.9. The molecule has 0 heterocycles. The molecule has 0 aliphatic carbocycles. The van der Waals surface area contributed by atoms with Crippen LogP contribution in [-0.2, 0) is 4.79 Å². The molecule has 2 aromatic rings. The van der Waals surface area contributed by atoms with Gasteiger partial charge < -0.3 is 14.8 Å². The maximum Gasteiger partial charge on any atom is 0.262 e. The zero-order valence-electron chi connectivity index (χ0n) is 13.1. The molecule has 0 radical (unpaired) electrons. The monoisotopic (exact) mass is 409 g/mol. The van der Waals surface area contributed by atoms with Crippen molar-refractivity contribution in [2.45, 2.75) is 6.92 Å². The van der Waals surface area contributed by atoms with E-state index < -0.39 is 0 Å². The molecule has 0 spiro atoms. The number of halogens is 2. The summed E-state index contributed by atoms with van der Waals surface area (Å²) in [6.45, 7) is 5.89. The lowest BCUT2D eigenvalue weighted by molar-refractivity contribution is -0.118. The first kappa shape index (κ1) is 18.4. The summed E-state index contributed by atoms with van der Waals surface area (Å²) in [7, 11) is 0. The molecule has 0 bridgehead atoms. The number of ether oxygens (including phenoxy) is 2. The predicted molar refractivity (Wildman–Crippen MR) is 100 cm³/mol. The molecule has 1 N–H and O–H groups in total. The van der Waals surface area contributed by atoms with Crippen molar-refractivity contribution < 1.29 is 14.3 Å². The first-order valence-electron chi connectivity index (χ1n) is 7.19. The number of amides is 1. The van der Waals surface area contributed by atoms with Gasteiger partial charge in [0.1, 0.15) is 18.1 Å². The van der Waals surface area contributed by atoms with Gasteiger partial charge in [-0.05, 0) is 42.8 Å². The molecule has 0 saturated heterocycles. The first-order chi connectivity index (χ1) is 11.5. The van der Waals surface area contributed by atoms with Crippen molar-refractivity contribution in [1.29, 1.82) is 0 Å². The topological polar surface area (TPSA) is 47.6 Å². The number of carbonyl (C=O) groups excluding carboxylic acids is 1. The van der Waals surface area contributed by atoms with Crippen molar-refractivity contribution in [2.75, 3.05) is 18.5 Å². The van der Waals surface area contributed by atoms with Gasteiger partial charge in [0, 0.05) is 4.47 Å². The van der Waals surface area contributed by atoms with Crippen LogP contribution in [0.4, 0.5) is 5.69 Å². The summed E-state index contributed by atoms with van der Waals surface area (Å²) >= 11 is 9.37. The maximum absolute atomic E-state index is 12.1. The number of rotatable bonds is 7. The number of anilines is 1. The fraction of sp³-hybridized carbons (Fsp3) is 0.167. The Morgan fingerprint density at radius 1 is 1.17 bits per heavy atom. The number of hydrogen-bond acceptors (Lipinski definition) is 3. The van der Waals surface area contributed by atoms with E-state index in [-0.39, 0.29) is 12.5 Å². The quantitative estimate of drug-likeness (QED) is 0.648. The lowest BCUT2D eigenvalue weighted by Gasteiger charge is -2.13. The molecule has 0 aliphatic rings. The predicted octanol–water partition coefficient (Wildman–Crippen LogP) is 5.07. The average Bonchev–Trinajstić information content (AvgIpc) is 2.53. The average molecular weight is 411 g/mol. The fourth-order valence-corrected chi connectivity index (χ4v) is 2.55. The van der Waals surface area contributed by atoms with E-state index in [0.29, 0.717) is 28.8 Å². The van der Waals surface area contributed by atoms with Crippen molar-refractivity contribution in [2.24, 2.45) is 0 Å². The molecule has 0 atom stereocenters. The molecule has 1 amide bonds. The molecule has 0 saturated carbocycles. The summed E-state index contributed by atoms with van der Waals surface area (Å²) in [5.41, 5.74) is 1.47. The summed E-state index contributed by atoms with van der Waals surface area (Å²) in [4.78, 5) is 12.1. The Kier molecular flexibility index (Phi) is 6.70. The highest BCUT2D eigenvalue weighted by Gasteiger charge is 2.10. The Bertz CT molecular complexity index is 749. The molecule has 0 aliphatic heterocycles. The van der Waals surface area contributed by atoms with Gasteiger partial charge in [-0.3, -0.25) is 4.79 Å². The van der Waals surface area contributed by atoms with Crippen LogP contribution in [0.1, 0.15) is 6.92 Å². The van der Waals surface area contributed by atoms with E-state index in [2.05, 4.69) is 27.8 Å². The lowest BCUT2D eigenvalue weighted by Crippen LogP contribution is -2.20. The normalized spacial score (nSPS) is 10.1. The smallest absolute Gasteiger partial charge is 0.262 e. The van der Waals surface area contributed by atoms with Gasteiger partial charge in [-0.2, -0.15) is 0 Å².